The monoisotopic (exact) mass is 301 g/mol. The van der Waals surface area contributed by atoms with Crippen molar-refractivity contribution in [2.45, 2.75) is 11.8 Å². The lowest BCUT2D eigenvalue weighted by Crippen LogP contribution is -2.17. The Hall–Kier alpha value is -2.40. The molecule has 108 valence electrons. The molecular weight excluding hydrogens is 286 g/mol. The van der Waals surface area contributed by atoms with Gasteiger partial charge < -0.3 is 5.32 Å². The molecule has 0 heterocycles. The molecule has 0 aliphatic carbocycles. The second kappa shape index (κ2) is 6.37. The summed E-state index contributed by atoms with van der Waals surface area (Å²) in [6.45, 7) is 1.73. The van der Waals surface area contributed by atoms with Gasteiger partial charge in [-0.2, -0.15) is 0 Å². The first-order valence-electron chi connectivity index (χ1n) is 6.34. The Labute approximate surface area is 124 Å². The van der Waals surface area contributed by atoms with E-state index in [0.717, 1.165) is 11.6 Å². The number of amides is 1. The lowest BCUT2D eigenvalue weighted by molar-refractivity contribution is 0.0970. The third-order valence-electron chi connectivity index (χ3n) is 2.90. The lowest BCUT2D eigenvalue weighted by atomic mass is 10.2. The molecule has 4 nitrogen and oxygen atoms in total. The van der Waals surface area contributed by atoms with E-state index in [1.165, 1.54) is 6.07 Å². The molecule has 0 unspecified atom stereocenters. The molecule has 5 heteroatoms. The number of benzene rings is 2. The first-order valence-corrected chi connectivity index (χ1v) is 7.88. The smallest absolute Gasteiger partial charge is 0.255 e. The van der Waals surface area contributed by atoms with E-state index in [1.807, 2.05) is 0 Å². The summed E-state index contributed by atoms with van der Waals surface area (Å²) in [7, 11) is -3.56. The zero-order valence-electron chi connectivity index (χ0n) is 11.5. The molecule has 0 fully saturated rings. The molecule has 0 aliphatic heterocycles. The fourth-order valence-electron chi connectivity index (χ4n) is 1.82. The largest absolute Gasteiger partial charge is 0.328 e. The average molecular weight is 301 g/mol. The zero-order chi connectivity index (χ0) is 15.3. The van der Waals surface area contributed by atoms with Crippen LogP contribution in [0.3, 0.4) is 0 Å². The van der Waals surface area contributed by atoms with Crippen LogP contribution < -0.4 is 5.32 Å². The van der Waals surface area contributed by atoms with Gasteiger partial charge in [0.05, 0.1) is 10.3 Å². The summed E-state index contributed by atoms with van der Waals surface area (Å²) in [4.78, 5) is 12.0. The van der Waals surface area contributed by atoms with E-state index in [2.05, 4.69) is 5.32 Å². The third-order valence-corrected chi connectivity index (χ3v) is 4.46. The van der Waals surface area contributed by atoms with Crippen LogP contribution in [0.5, 0.6) is 0 Å². The minimum absolute atomic E-state index is 0.232. The summed E-state index contributed by atoms with van der Waals surface area (Å²) in [5.74, 6) is -0.355. The van der Waals surface area contributed by atoms with Crippen molar-refractivity contribution in [2.24, 2.45) is 0 Å². The van der Waals surface area contributed by atoms with Crippen LogP contribution in [0.2, 0.25) is 0 Å². The van der Waals surface area contributed by atoms with Gasteiger partial charge in [0.25, 0.3) is 5.91 Å². The highest BCUT2D eigenvalue weighted by Crippen LogP contribution is 2.16. The molecule has 0 radical (unpaired) electrons. The molecule has 2 rings (SSSR count). The van der Waals surface area contributed by atoms with Crippen molar-refractivity contribution in [3.05, 3.63) is 77.3 Å². The number of rotatable bonds is 4. The fourth-order valence-corrected chi connectivity index (χ4v) is 3.00. The van der Waals surface area contributed by atoms with Gasteiger partial charge in [0.15, 0.2) is 0 Å². The van der Waals surface area contributed by atoms with Gasteiger partial charge in [0, 0.05) is 11.8 Å². The standard InChI is InChI=1S/C16H15NO3S/c1-13-7-5-6-10-15(13)21(19,20)12-11-17-16(18)14-8-3-2-4-9-14/h2-12H,1H3,(H,17,18). The van der Waals surface area contributed by atoms with Gasteiger partial charge in [-0.1, -0.05) is 36.4 Å². The highest BCUT2D eigenvalue weighted by molar-refractivity contribution is 7.94. The molecule has 2 aromatic rings. The predicted octanol–water partition coefficient (Wildman–Crippen LogP) is 2.67. The van der Waals surface area contributed by atoms with E-state index in [4.69, 9.17) is 0 Å². The van der Waals surface area contributed by atoms with Crippen LogP contribution in [0.1, 0.15) is 15.9 Å². The lowest BCUT2D eigenvalue weighted by Gasteiger charge is -2.03. The Morgan fingerprint density at radius 2 is 1.62 bits per heavy atom. The number of hydrogen-bond acceptors (Lipinski definition) is 3. The van der Waals surface area contributed by atoms with Crippen molar-refractivity contribution in [1.29, 1.82) is 0 Å². The van der Waals surface area contributed by atoms with Crippen molar-refractivity contribution < 1.29 is 13.2 Å². The van der Waals surface area contributed by atoms with Gasteiger partial charge in [0.2, 0.25) is 9.84 Å². The molecule has 1 N–H and O–H groups in total. The average Bonchev–Trinajstić information content (AvgIpc) is 2.48. The van der Waals surface area contributed by atoms with Gasteiger partial charge in [-0.3, -0.25) is 4.79 Å². The summed E-state index contributed by atoms with van der Waals surface area (Å²) in [5.41, 5.74) is 1.13. The topological polar surface area (TPSA) is 63.2 Å². The van der Waals surface area contributed by atoms with Crippen molar-refractivity contribution in [3.8, 4) is 0 Å². The number of nitrogens with one attached hydrogen (secondary N) is 1. The highest BCUT2D eigenvalue weighted by Gasteiger charge is 2.12. The first kappa shape index (κ1) is 15.0. The summed E-state index contributed by atoms with van der Waals surface area (Å²) < 4.78 is 24.3. The van der Waals surface area contributed by atoms with E-state index in [0.29, 0.717) is 11.1 Å². The van der Waals surface area contributed by atoms with E-state index >= 15 is 0 Å². The van der Waals surface area contributed by atoms with Crippen molar-refractivity contribution in [1.82, 2.24) is 5.32 Å². The predicted molar refractivity (Wildman–Crippen MR) is 81.4 cm³/mol. The molecule has 0 aromatic heterocycles. The first-order chi connectivity index (χ1) is 10.0. The van der Waals surface area contributed by atoms with Crippen molar-refractivity contribution in [3.63, 3.8) is 0 Å². The Balaban J connectivity index is 2.11. The maximum Gasteiger partial charge on any atom is 0.255 e. The molecule has 21 heavy (non-hydrogen) atoms. The van der Waals surface area contributed by atoms with E-state index in [9.17, 15) is 13.2 Å². The van der Waals surface area contributed by atoms with E-state index in [-0.39, 0.29) is 10.8 Å². The van der Waals surface area contributed by atoms with Crippen molar-refractivity contribution in [2.75, 3.05) is 0 Å². The van der Waals surface area contributed by atoms with Crippen LogP contribution in [0, 0.1) is 6.92 Å². The second-order valence-corrected chi connectivity index (χ2v) is 6.25. The Morgan fingerprint density at radius 1 is 1.00 bits per heavy atom. The normalized spacial score (nSPS) is 11.5. The number of aryl methyl sites for hydroxylation is 1. The van der Waals surface area contributed by atoms with E-state index in [1.54, 1.807) is 55.5 Å². The molecule has 1 amide bonds. The van der Waals surface area contributed by atoms with Crippen molar-refractivity contribution >= 4 is 15.7 Å². The Morgan fingerprint density at radius 3 is 2.29 bits per heavy atom. The highest BCUT2D eigenvalue weighted by atomic mass is 32.2. The summed E-state index contributed by atoms with van der Waals surface area (Å²) >= 11 is 0. The van der Waals surface area contributed by atoms with Crippen LogP contribution >= 0.6 is 0 Å². The second-order valence-electron chi connectivity index (χ2n) is 4.45. The SMILES string of the molecule is Cc1ccccc1S(=O)(=O)C=CNC(=O)c1ccccc1. The molecule has 0 aliphatic rings. The molecule has 0 atom stereocenters. The van der Waals surface area contributed by atoms with Gasteiger partial charge in [-0.25, -0.2) is 8.42 Å². The summed E-state index contributed by atoms with van der Waals surface area (Å²) in [6, 6.07) is 15.3. The zero-order valence-corrected chi connectivity index (χ0v) is 12.3. The van der Waals surface area contributed by atoms with Gasteiger partial charge in [0.1, 0.15) is 0 Å². The quantitative estimate of drug-likeness (QED) is 0.944. The maximum atomic E-state index is 12.1. The minimum Gasteiger partial charge on any atom is -0.328 e. The fraction of sp³-hybridized carbons (Fsp3) is 0.0625. The number of hydrogen-bond donors (Lipinski definition) is 1. The molecule has 0 bridgehead atoms. The van der Waals surface area contributed by atoms with Crippen LogP contribution in [-0.2, 0) is 9.84 Å². The summed E-state index contributed by atoms with van der Waals surface area (Å²) in [5, 5.41) is 3.44. The Bertz CT molecular complexity index is 765. The van der Waals surface area contributed by atoms with Crippen LogP contribution in [0.25, 0.3) is 0 Å². The summed E-state index contributed by atoms with van der Waals surface area (Å²) in [6.07, 6.45) is 1.15. The van der Waals surface area contributed by atoms with Gasteiger partial charge >= 0.3 is 0 Å². The van der Waals surface area contributed by atoms with Gasteiger partial charge in [-0.05, 0) is 30.7 Å². The van der Waals surface area contributed by atoms with E-state index < -0.39 is 9.84 Å². The van der Waals surface area contributed by atoms with Crippen LogP contribution in [0.4, 0.5) is 0 Å². The van der Waals surface area contributed by atoms with Gasteiger partial charge in [-0.15, -0.1) is 0 Å². The molecule has 2 aromatic carbocycles. The molecule has 0 saturated carbocycles. The maximum absolute atomic E-state index is 12.1. The Kier molecular flexibility index (Phi) is 4.55. The number of carbonyl (C=O) groups is 1. The molecule has 0 saturated heterocycles. The number of sulfone groups is 1. The van der Waals surface area contributed by atoms with Crippen LogP contribution in [0.15, 0.2) is 71.1 Å². The minimum atomic E-state index is -3.56. The third kappa shape index (κ3) is 3.79. The van der Waals surface area contributed by atoms with Crippen LogP contribution in [-0.4, -0.2) is 14.3 Å². The molecule has 0 spiro atoms. The molecular formula is C16H15NO3S. The number of carbonyl (C=O) groups excluding carboxylic acids is 1.